The molecule has 148 valence electrons. The van der Waals surface area contributed by atoms with E-state index in [1.807, 2.05) is 26.8 Å². The zero-order valence-corrected chi connectivity index (χ0v) is 16.7. The van der Waals surface area contributed by atoms with Gasteiger partial charge in [0, 0.05) is 6.07 Å². The van der Waals surface area contributed by atoms with E-state index in [0.29, 0.717) is 22.5 Å². The number of alkyl carbamates (subject to hydrolysis) is 1. The van der Waals surface area contributed by atoms with Crippen molar-refractivity contribution in [2.24, 2.45) is 0 Å². The molecule has 28 heavy (non-hydrogen) atoms. The Kier molecular flexibility index (Phi) is 6.09. The van der Waals surface area contributed by atoms with E-state index < -0.39 is 6.09 Å². The topological polar surface area (TPSA) is 111 Å². The van der Waals surface area contributed by atoms with Gasteiger partial charge in [-0.15, -0.1) is 0 Å². The van der Waals surface area contributed by atoms with Gasteiger partial charge in [-0.3, -0.25) is 5.10 Å². The van der Waals surface area contributed by atoms with E-state index >= 15 is 0 Å². The van der Waals surface area contributed by atoms with Gasteiger partial charge in [-0.25, -0.2) is 14.8 Å². The maximum atomic E-state index is 11.3. The van der Waals surface area contributed by atoms with Gasteiger partial charge >= 0.3 is 6.09 Å². The number of amides is 1. The van der Waals surface area contributed by atoms with Crippen LogP contribution in [0.1, 0.15) is 32.5 Å². The van der Waals surface area contributed by atoms with Crippen LogP contribution < -0.4 is 14.8 Å². The molecule has 0 aliphatic carbocycles. The number of nitrogens with zero attached hydrogens (tertiary/aromatic N) is 3. The van der Waals surface area contributed by atoms with E-state index in [9.17, 15) is 4.79 Å². The molecule has 0 bridgehead atoms. The molecule has 0 radical (unpaired) electrons. The first kappa shape index (κ1) is 19.6. The lowest BCUT2D eigenvalue weighted by Crippen LogP contribution is -2.26. The Morgan fingerprint density at radius 2 is 2.04 bits per heavy atom. The van der Waals surface area contributed by atoms with Crippen LogP contribution >= 0.6 is 11.3 Å². The molecule has 0 saturated heterocycles. The van der Waals surface area contributed by atoms with Crippen LogP contribution in [0.5, 0.6) is 16.8 Å². The van der Waals surface area contributed by atoms with Crippen molar-refractivity contribution in [2.45, 2.75) is 32.9 Å². The van der Waals surface area contributed by atoms with Gasteiger partial charge in [0.15, 0.2) is 0 Å². The van der Waals surface area contributed by atoms with Crippen molar-refractivity contribution in [2.75, 3.05) is 7.11 Å². The fraction of sp³-hybridized carbons (Fsp3) is 0.333. The number of carbonyl (C=O) groups excluding carboxylic acids is 1. The lowest BCUT2D eigenvalue weighted by atomic mass is 10.2. The predicted octanol–water partition coefficient (Wildman–Crippen LogP) is 3.92. The molecular formula is C18H21N5O4S. The molecule has 0 saturated carbocycles. The SMILES string of the molecule is COC(=O)NC(C)c1cc(-c2cnc(Oc3ccc(OC(C)C)nc3)s2)n[nH]1. The number of thiazole rings is 1. The molecule has 0 fully saturated rings. The maximum Gasteiger partial charge on any atom is 0.407 e. The molecule has 0 spiro atoms. The largest absolute Gasteiger partial charge is 0.475 e. The highest BCUT2D eigenvalue weighted by molar-refractivity contribution is 7.16. The van der Waals surface area contributed by atoms with Crippen molar-refractivity contribution in [3.63, 3.8) is 0 Å². The lowest BCUT2D eigenvalue weighted by molar-refractivity contribution is 0.167. The molecule has 2 N–H and O–H groups in total. The first-order valence-corrected chi connectivity index (χ1v) is 9.42. The van der Waals surface area contributed by atoms with Gasteiger partial charge in [0.1, 0.15) is 11.4 Å². The Hall–Kier alpha value is -3.14. The normalized spacial score (nSPS) is 11.9. The van der Waals surface area contributed by atoms with E-state index in [1.165, 1.54) is 18.4 Å². The molecule has 3 aromatic rings. The zero-order chi connectivity index (χ0) is 20.1. The van der Waals surface area contributed by atoms with Gasteiger partial charge in [-0.1, -0.05) is 11.3 Å². The number of nitrogens with one attached hydrogen (secondary N) is 2. The number of pyridine rings is 1. The summed E-state index contributed by atoms with van der Waals surface area (Å²) in [7, 11) is 1.32. The van der Waals surface area contributed by atoms with Crippen LogP contribution in [0.4, 0.5) is 4.79 Å². The van der Waals surface area contributed by atoms with Gasteiger partial charge in [-0.2, -0.15) is 5.10 Å². The van der Waals surface area contributed by atoms with Crippen molar-refractivity contribution in [3.8, 4) is 27.4 Å². The molecule has 1 unspecified atom stereocenters. The highest BCUT2D eigenvalue weighted by atomic mass is 32.1. The summed E-state index contributed by atoms with van der Waals surface area (Å²) in [6.45, 7) is 5.71. The number of hydrogen-bond donors (Lipinski definition) is 2. The molecule has 1 amide bonds. The van der Waals surface area contributed by atoms with E-state index in [-0.39, 0.29) is 12.1 Å². The number of rotatable bonds is 7. The monoisotopic (exact) mass is 403 g/mol. The molecule has 9 nitrogen and oxygen atoms in total. The minimum atomic E-state index is -0.504. The summed E-state index contributed by atoms with van der Waals surface area (Å²) >= 11 is 1.35. The van der Waals surface area contributed by atoms with Crippen LogP contribution in [0, 0.1) is 0 Å². The van der Waals surface area contributed by atoms with E-state index in [0.717, 1.165) is 10.6 Å². The molecule has 10 heteroatoms. The second kappa shape index (κ2) is 8.70. The minimum Gasteiger partial charge on any atom is -0.475 e. The summed E-state index contributed by atoms with van der Waals surface area (Å²) in [6, 6.07) is 5.10. The maximum absolute atomic E-state index is 11.3. The van der Waals surface area contributed by atoms with Gasteiger partial charge in [-0.05, 0) is 32.9 Å². The number of aromatic nitrogens is 4. The smallest absolute Gasteiger partial charge is 0.407 e. The highest BCUT2D eigenvalue weighted by Crippen LogP contribution is 2.33. The summed E-state index contributed by atoms with van der Waals surface area (Å²) in [6.07, 6.45) is 2.83. The average molecular weight is 403 g/mol. The minimum absolute atomic E-state index is 0.0602. The Morgan fingerprint density at radius 3 is 2.71 bits per heavy atom. The number of carbonyl (C=O) groups is 1. The molecule has 3 aromatic heterocycles. The van der Waals surface area contributed by atoms with Crippen molar-refractivity contribution in [1.82, 2.24) is 25.5 Å². The first-order valence-electron chi connectivity index (χ1n) is 8.61. The van der Waals surface area contributed by atoms with Crippen LogP contribution in [0.25, 0.3) is 10.6 Å². The summed E-state index contributed by atoms with van der Waals surface area (Å²) in [4.78, 5) is 20.6. The summed E-state index contributed by atoms with van der Waals surface area (Å²) < 4.78 is 15.8. The van der Waals surface area contributed by atoms with Crippen LogP contribution in [-0.2, 0) is 4.74 Å². The van der Waals surface area contributed by atoms with E-state index in [1.54, 1.807) is 24.5 Å². The van der Waals surface area contributed by atoms with Crippen LogP contribution in [0.3, 0.4) is 0 Å². The molecule has 0 aliphatic rings. The van der Waals surface area contributed by atoms with Crippen LogP contribution in [-0.4, -0.2) is 39.5 Å². The fourth-order valence-electron chi connectivity index (χ4n) is 2.26. The van der Waals surface area contributed by atoms with Gasteiger partial charge in [0.2, 0.25) is 5.88 Å². The number of hydrogen-bond acceptors (Lipinski definition) is 8. The highest BCUT2D eigenvalue weighted by Gasteiger charge is 2.15. The molecule has 0 aliphatic heterocycles. The third-order valence-electron chi connectivity index (χ3n) is 3.59. The lowest BCUT2D eigenvalue weighted by Gasteiger charge is -2.09. The van der Waals surface area contributed by atoms with Gasteiger partial charge in [0.25, 0.3) is 5.19 Å². The van der Waals surface area contributed by atoms with E-state index in [4.69, 9.17) is 9.47 Å². The number of methoxy groups -OCH3 is 1. The van der Waals surface area contributed by atoms with Crippen molar-refractivity contribution >= 4 is 17.4 Å². The van der Waals surface area contributed by atoms with Crippen molar-refractivity contribution in [3.05, 3.63) is 36.3 Å². The van der Waals surface area contributed by atoms with Crippen LogP contribution in [0.15, 0.2) is 30.6 Å². The fourth-order valence-corrected chi connectivity index (χ4v) is 3.01. The first-order chi connectivity index (χ1) is 13.4. The molecular weight excluding hydrogens is 382 g/mol. The molecule has 3 rings (SSSR count). The Labute approximate surface area is 166 Å². The third kappa shape index (κ3) is 4.97. The Bertz CT molecular complexity index is 922. The average Bonchev–Trinajstić information content (AvgIpc) is 3.32. The molecule has 1 atom stereocenters. The second-order valence-electron chi connectivity index (χ2n) is 6.16. The quantitative estimate of drug-likeness (QED) is 0.615. The van der Waals surface area contributed by atoms with Gasteiger partial charge < -0.3 is 19.5 Å². The molecule has 3 heterocycles. The summed E-state index contributed by atoms with van der Waals surface area (Å²) in [5.41, 5.74) is 1.46. The number of aromatic amines is 1. The van der Waals surface area contributed by atoms with Gasteiger partial charge in [0.05, 0.1) is 42.2 Å². The third-order valence-corrected chi connectivity index (χ3v) is 4.49. The summed E-state index contributed by atoms with van der Waals surface area (Å²) in [5, 5.41) is 10.3. The Morgan fingerprint density at radius 1 is 1.21 bits per heavy atom. The second-order valence-corrected chi connectivity index (χ2v) is 7.15. The van der Waals surface area contributed by atoms with E-state index in [2.05, 4.69) is 30.2 Å². The zero-order valence-electron chi connectivity index (χ0n) is 15.9. The van der Waals surface area contributed by atoms with Crippen molar-refractivity contribution in [1.29, 1.82) is 0 Å². The predicted molar refractivity (Wildman–Crippen MR) is 104 cm³/mol. The molecule has 0 aromatic carbocycles. The summed E-state index contributed by atoms with van der Waals surface area (Å²) in [5.74, 6) is 1.11. The number of H-pyrrole nitrogens is 1. The van der Waals surface area contributed by atoms with Crippen LogP contribution in [0.2, 0.25) is 0 Å². The van der Waals surface area contributed by atoms with Crippen molar-refractivity contribution < 1.29 is 19.0 Å². The number of ether oxygens (including phenoxy) is 3. The Balaban J connectivity index is 1.65. The standard InChI is InChI=1S/C18H21N5O4S/c1-10(2)26-16-6-5-12(8-19-16)27-18-20-9-15(28-18)14-7-13(22-23-14)11(3)21-17(24)25-4/h5-11H,1-4H3,(H,21,24)(H,22,23).